The highest BCUT2D eigenvalue weighted by Crippen LogP contribution is 2.38. The molecule has 0 spiro atoms. The lowest BCUT2D eigenvalue weighted by Crippen LogP contribution is -2.00. The molecule has 0 heterocycles. The molecule has 0 atom stereocenters. The number of rotatable bonds is 4. The first-order valence-electron chi connectivity index (χ1n) is 7.27. The zero-order valence-corrected chi connectivity index (χ0v) is 12.7. The van der Waals surface area contributed by atoms with Gasteiger partial charge in [-0.15, -0.1) is 0 Å². The number of aromatic carboxylic acids is 1. The van der Waals surface area contributed by atoms with Gasteiger partial charge < -0.3 is 9.84 Å². The third kappa shape index (κ3) is 2.81. The van der Waals surface area contributed by atoms with Crippen molar-refractivity contribution in [1.29, 1.82) is 0 Å². The summed E-state index contributed by atoms with van der Waals surface area (Å²) in [4.78, 5) is 11.5. The molecule has 0 saturated heterocycles. The molecule has 3 nitrogen and oxygen atoms in total. The van der Waals surface area contributed by atoms with Crippen LogP contribution in [0.1, 0.15) is 10.4 Å². The highest BCUT2D eigenvalue weighted by molar-refractivity contribution is 5.99. The van der Waals surface area contributed by atoms with Gasteiger partial charge in [-0.3, -0.25) is 0 Å². The summed E-state index contributed by atoms with van der Waals surface area (Å²) in [6, 6.07) is 22.5. The van der Waals surface area contributed by atoms with Crippen molar-refractivity contribution < 1.29 is 14.6 Å². The van der Waals surface area contributed by atoms with Crippen molar-refractivity contribution in [1.82, 2.24) is 0 Å². The number of para-hydroxylation sites is 1. The van der Waals surface area contributed by atoms with Crippen LogP contribution in [-0.2, 0) is 0 Å². The topological polar surface area (TPSA) is 46.5 Å². The molecule has 23 heavy (non-hydrogen) atoms. The average Bonchev–Trinajstić information content (AvgIpc) is 2.61. The zero-order chi connectivity index (χ0) is 16.2. The first kappa shape index (κ1) is 14.9. The standard InChI is InChI=1S/C20H16O3/c1-23-19-13-7-6-11-17(19)15-9-3-2-8-14(15)16-10-4-5-12-18(16)20(21)22/h2-13H,1H3,(H,21,22). The summed E-state index contributed by atoms with van der Waals surface area (Å²) < 4.78 is 5.45. The molecule has 0 radical (unpaired) electrons. The van der Waals surface area contributed by atoms with E-state index in [0.29, 0.717) is 5.56 Å². The van der Waals surface area contributed by atoms with Crippen LogP contribution in [0, 0.1) is 0 Å². The van der Waals surface area contributed by atoms with Gasteiger partial charge in [0.1, 0.15) is 5.75 Å². The van der Waals surface area contributed by atoms with E-state index in [9.17, 15) is 9.90 Å². The van der Waals surface area contributed by atoms with E-state index in [1.54, 1.807) is 19.2 Å². The second-order valence-corrected chi connectivity index (χ2v) is 5.10. The van der Waals surface area contributed by atoms with Gasteiger partial charge in [-0.25, -0.2) is 4.79 Å². The smallest absolute Gasteiger partial charge is 0.336 e. The molecular formula is C20H16O3. The minimum atomic E-state index is -0.935. The van der Waals surface area contributed by atoms with Gasteiger partial charge in [0.05, 0.1) is 12.7 Å². The molecular weight excluding hydrogens is 288 g/mol. The Bertz CT molecular complexity index is 853. The third-order valence-electron chi connectivity index (χ3n) is 3.77. The Kier molecular flexibility index (Phi) is 4.11. The maximum atomic E-state index is 11.5. The van der Waals surface area contributed by atoms with E-state index in [2.05, 4.69) is 0 Å². The van der Waals surface area contributed by atoms with Crippen molar-refractivity contribution in [3.05, 3.63) is 78.4 Å². The van der Waals surface area contributed by atoms with Crippen LogP contribution in [-0.4, -0.2) is 18.2 Å². The van der Waals surface area contributed by atoms with E-state index in [0.717, 1.165) is 22.4 Å². The van der Waals surface area contributed by atoms with Gasteiger partial charge in [-0.05, 0) is 28.8 Å². The molecule has 0 saturated carbocycles. The van der Waals surface area contributed by atoms with Crippen LogP contribution in [0.25, 0.3) is 22.3 Å². The van der Waals surface area contributed by atoms with Crippen molar-refractivity contribution in [2.75, 3.05) is 7.11 Å². The van der Waals surface area contributed by atoms with Crippen molar-refractivity contribution >= 4 is 5.97 Å². The van der Waals surface area contributed by atoms with E-state index in [-0.39, 0.29) is 5.56 Å². The van der Waals surface area contributed by atoms with E-state index >= 15 is 0 Å². The summed E-state index contributed by atoms with van der Waals surface area (Å²) >= 11 is 0. The summed E-state index contributed by atoms with van der Waals surface area (Å²) in [5.41, 5.74) is 3.73. The Morgan fingerprint density at radius 3 is 1.83 bits per heavy atom. The molecule has 1 N–H and O–H groups in total. The van der Waals surface area contributed by atoms with Crippen LogP contribution in [0.15, 0.2) is 72.8 Å². The summed E-state index contributed by atoms with van der Waals surface area (Å²) in [7, 11) is 1.63. The van der Waals surface area contributed by atoms with Gasteiger partial charge in [-0.1, -0.05) is 60.7 Å². The molecule has 0 aliphatic heterocycles. The van der Waals surface area contributed by atoms with Crippen molar-refractivity contribution in [2.24, 2.45) is 0 Å². The number of hydrogen-bond acceptors (Lipinski definition) is 2. The molecule has 0 fully saturated rings. The molecule has 3 aromatic carbocycles. The fourth-order valence-corrected chi connectivity index (χ4v) is 2.72. The Balaban J connectivity index is 2.26. The van der Waals surface area contributed by atoms with Crippen LogP contribution in [0.5, 0.6) is 5.75 Å². The third-order valence-corrected chi connectivity index (χ3v) is 3.77. The lowest BCUT2D eigenvalue weighted by atomic mass is 9.91. The molecule has 0 amide bonds. The normalized spacial score (nSPS) is 10.3. The van der Waals surface area contributed by atoms with E-state index in [1.165, 1.54) is 0 Å². The largest absolute Gasteiger partial charge is 0.496 e. The first-order chi connectivity index (χ1) is 11.2. The second kappa shape index (κ2) is 6.36. The highest BCUT2D eigenvalue weighted by Gasteiger charge is 2.16. The van der Waals surface area contributed by atoms with Crippen LogP contribution < -0.4 is 4.74 Å². The van der Waals surface area contributed by atoms with Crippen LogP contribution in [0.2, 0.25) is 0 Å². The number of methoxy groups -OCH3 is 1. The molecule has 0 aliphatic carbocycles. The molecule has 3 aromatic rings. The lowest BCUT2D eigenvalue weighted by Gasteiger charge is -2.14. The van der Waals surface area contributed by atoms with Gasteiger partial charge in [0.25, 0.3) is 0 Å². The van der Waals surface area contributed by atoms with Gasteiger partial charge in [0.15, 0.2) is 0 Å². The Morgan fingerprint density at radius 1 is 0.739 bits per heavy atom. The van der Waals surface area contributed by atoms with Crippen LogP contribution >= 0.6 is 0 Å². The van der Waals surface area contributed by atoms with Crippen LogP contribution in [0.3, 0.4) is 0 Å². The van der Waals surface area contributed by atoms with Gasteiger partial charge >= 0.3 is 5.97 Å². The summed E-state index contributed by atoms with van der Waals surface area (Å²) in [6.07, 6.45) is 0. The first-order valence-corrected chi connectivity index (χ1v) is 7.27. The van der Waals surface area contributed by atoms with E-state index < -0.39 is 5.97 Å². The predicted octanol–water partition coefficient (Wildman–Crippen LogP) is 4.73. The number of carbonyl (C=O) groups is 1. The quantitative estimate of drug-likeness (QED) is 0.758. The SMILES string of the molecule is COc1ccccc1-c1ccccc1-c1ccccc1C(=O)O. The molecule has 3 heteroatoms. The van der Waals surface area contributed by atoms with Gasteiger partial charge in [0.2, 0.25) is 0 Å². The minimum Gasteiger partial charge on any atom is -0.496 e. The maximum absolute atomic E-state index is 11.5. The number of carboxylic acids is 1. The minimum absolute atomic E-state index is 0.287. The Hall–Kier alpha value is -3.07. The predicted molar refractivity (Wildman–Crippen MR) is 90.8 cm³/mol. The molecule has 0 bridgehead atoms. The number of ether oxygens (including phenoxy) is 1. The summed E-state index contributed by atoms with van der Waals surface area (Å²) in [5, 5.41) is 9.46. The van der Waals surface area contributed by atoms with E-state index in [4.69, 9.17) is 4.74 Å². The zero-order valence-electron chi connectivity index (χ0n) is 12.7. The Morgan fingerprint density at radius 2 is 1.22 bits per heavy atom. The fourth-order valence-electron chi connectivity index (χ4n) is 2.72. The van der Waals surface area contributed by atoms with Gasteiger partial charge in [0, 0.05) is 5.56 Å². The van der Waals surface area contributed by atoms with Gasteiger partial charge in [-0.2, -0.15) is 0 Å². The molecule has 0 aliphatic rings. The number of hydrogen-bond donors (Lipinski definition) is 1. The molecule has 0 unspecified atom stereocenters. The van der Waals surface area contributed by atoms with Crippen molar-refractivity contribution in [3.8, 4) is 28.0 Å². The second-order valence-electron chi connectivity index (χ2n) is 5.10. The number of carboxylic acid groups (broad SMARTS) is 1. The lowest BCUT2D eigenvalue weighted by molar-refractivity contribution is 0.0697. The molecule has 0 aromatic heterocycles. The Labute approximate surface area is 134 Å². The average molecular weight is 304 g/mol. The summed E-state index contributed by atoms with van der Waals surface area (Å²) in [5.74, 6) is -0.178. The summed E-state index contributed by atoms with van der Waals surface area (Å²) in [6.45, 7) is 0. The van der Waals surface area contributed by atoms with Crippen molar-refractivity contribution in [2.45, 2.75) is 0 Å². The monoisotopic (exact) mass is 304 g/mol. The van der Waals surface area contributed by atoms with Crippen LogP contribution in [0.4, 0.5) is 0 Å². The number of benzene rings is 3. The maximum Gasteiger partial charge on any atom is 0.336 e. The molecule has 3 rings (SSSR count). The van der Waals surface area contributed by atoms with E-state index in [1.807, 2.05) is 60.7 Å². The highest BCUT2D eigenvalue weighted by atomic mass is 16.5. The molecule has 114 valence electrons. The van der Waals surface area contributed by atoms with Crippen molar-refractivity contribution in [3.63, 3.8) is 0 Å². The fraction of sp³-hybridized carbons (Fsp3) is 0.0500.